The summed E-state index contributed by atoms with van der Waals surface area (Å²) in [6.45, 7) is 0.0743. The van der Waals surface area contributed by atoms with Gasteiger partial charge in [-0.15, -0.1) is 11.3 Å². The number of nitrogens with zero attached hydrogens (tertiary/aromatic N) is 5. The van der Waals surface area contributed by atoms with Crippen LogP contribution in [-0.4, -0.2) is 26.7 Å². The number of halogens is 1. The van der Waals surface area contributed by atoms with Crippen LogP contribution in [0.3, 0.4) is 0 Å². The highest BCUT2D eigenvalue weighted by Crippen LogP contribution is 2.36. The molecule has 36 heavy (non-hydrogen) atoms. The Hall–Kier alpha value is -4.03. The van der Waals surface area contributed by atoms with Crippen LogP contribution in [-0.2, 0) is 12.2 Å². The first-order valence-electron chi connectivity index (χ1n) is 10.8. The number of rotatable bonds is 9. The number of aromatic nitrogens is 3. The van der Waals surface area contributed by atoms with Crippen LogP contribution in [0.1, 0.15) is 28.9 Å². The summed E-state index contributed by atoms with van der Waals surface area (Å²) in [7, 11) is 0. The second-order valence-electron chi connectivity index (χ2n) is 7.58. The van der Waals surface area contributed by atoms with Gasteiger partial charge in [-0.2, -0.15) is 10.5 Å². The zero-order valence-corrected chi connectivity index (χ0v) is 20.5. The lowest BCUT2D eigenvalue weighted by atomic mass is 9.98. The molecule has 0 saturated heterocycles. The maximum Gasteiger partial charge on any atom is 0.187 e. The fourth-order valence-corrected chi connectivity index (χ4v) is 5.12. The maximum absolute atomic E-state index is 13.1. The second-order valence-corrected chi connectivity index (χ2v) is 9.40. The zero-order chi connectivity index (χ0) is 25.5. The van der Waals surface area contributed by atoms with Crippen molar-refractivity contribution in [3.63, 3.8) is 0 Å². The van der Waals surface area contributed by atoms with Gasteiger partial charge in [0.2, 0.25) is 0 Å². The lowest BCUT2D eigenvalue weighted by Gasteiger charge is -2.13. The Kier molecular flexibility index (Phi) is 8.08. The molecule has 3 heterocycles. The van der Waals surface area contributed by atoms with Gasteiger partial charge in [0.1, 0.15) is 34.4 Å². The Morgan fingerprint density at radius 3 is 2.50 bits per heavy atom. The molecule has 0 aliphatic rings. The average molecular weight is 518 g/mol. The second kappa shape index (κ2) is 11.6. The van der Waals surface area contributed by atoms with E-state index >= 15 is 0 Å². The largest absolute Gasteiger partial charge is 0.396 e. The molecule has 8 nitrogen and oxygen atoms in total. The summed E-state index contributed by atoms with van der Waals surface area (Å²) < 4.78 is 13.1. The Morgan fingerprint density at radius 2 is 1.83 bits per heavy atom. The minimum Gasteiger partial charge on any atom is -0.396 e. The van der Waals surface area contributed by atoms with Crippen molar-refractivity contribution in [1.82, 2.24) is 15.0 Å². The molecule has 0 unspecified atom stereocenters. The van der Waals surface area contributed by atoms with Gasteiger partial charge in [-0.05, 0) is 43.2 Å². The van der Waals surface area contributed by atoms with Crippen LogP contribution in [0.15, 0.2) is 53.0 Å². The summed E-state index contributed by atoms with van der Waals surface area (Å²) in [5, 5.41) is 34.8. The molecule has 0 aliphatic carbocycles. The summed E-state index contributed by atoms with van der Waals surface area (Å²) in [6, 6.07) is 13.8. The van der Waals surface area contributed by atoms with E-state index in [2.05, 4.69) is 32.4 Å². The fraction of sp³-hybridized carbons (Fsp3) is 0.160. The molecule has 4 rings (SSSR count). The van der Waals surface area contributed by atoms with E-state index in [-0.39, 0.29) is 29.4 Å². The summed E-state index contributed by atoms with van der Waals surface area (Å²) in [5.41, 5.74) is 9.75. The standard InChI is InChI=1S/C25H20FN7OS2/c26-16-4-7-18(8-5-16)31-25-32-19(14-36-25)13-35-24-21(11-28)22(20(10-27)23(29)33-24)15-3-6-17(30-12-15)2-1-9-34/h3-8,12,14,34H,1-2,9,13H2,(H2,29,33)(H,31,32). The molecule has 180 valence electrons. The number of hydrogen-bond acceptors (Lipinski definition) is 10. The SMILES string of the molecule is N#Cc1c(N)nc(SCc2csc(Nc3ccc(F)cc3)n2)c(C#N)c1-c1ccc(CCCO)nc1. The van der Waals surface area contributed by atoms with Gasteiger partial charge in [-0.1, -0.05) is 17.8 Å². The van der Waals surface area contributed by atoms with Gasteiger partial charge < -0.3 is 16.2 Å². The van der Waals surface area contributed by atoms with Crippen LogP contribution in [0.2, 0.25) is 0 Å². The van der Waals surface area contributed by atoms with Gasteiger partial charge in [-0.3, -0.25) is 4.98 Å². The number of aliphatic hydroxyl groups excluding tert-OH is 1. The smallest absolute Gasteiger partial charge is 0.187 e. The third-order valence-electron chi connectivity index (χ3n) is 5.12. The number of pyridine rings is 2. The molecule has 11 heteroatoms. The quantitative estimate of drug-likeness (QED) is 0.260. The van der Waals surface area contributed by atoms with Gasteiger partial charge in [0, 0.05) is 46.4 Å². The summed E-state index contributed by atoms with van der Waals surface area (Å²) in [6.07, 6.45) is 2.82. The Labute approximate surface area is 215 Å². The van der Waals surface area contributed by atoms with Crippen molar-refractivity contribution >= 4 is 39.7 Å². The molecule has 0 spiro atoms. The molecule has 4 aromatic rings. The van der Waals surface area contributed by atoms with Crippen molar-refractivity contribution in [3.05, 3.63) is 76.3 Å². The maximum atomic E-state index is 13.1. The molecular formula is C25H20FN7OS2. The van der Waals surface area contributed by atoms with E-state index in [9.17, 15) is 14.9 Å². The van der Waals surface area contributed by atoms with Crippen LogP contribution in [0.5, 0.6) is 0 Å². The molecule has 3 aromatic heterocycles. The van der Waals surface area contributed by atoms with Crippen LogP contribution in [0.4, 0.5) is 21.0 Å². The van der Waals surface area contributed by atoms with Crippen molar-refractivity contribution < 1.29 is 9.50 Å². The third-order valence-corrected chi connectivity index (χ3v) is 6.94. The molecule has 0 aliphatic heterocycles. The summed E-state index contributed by atoms with van der Waals surface area (Å²) in [5.74, 6) is 0.147. The number of benzene rings is 1. The van der Waals surface area contributed by atoms with Crippen molar-refractivity contribution in [2.75, 3.05) is 17.7 Å². The minimum absolute atomic E-state index is 0.0373. The molecule has 4 N–H and O–H groups in total. The van der Waals surface area contributed by atoms with E-state index in [1.54, 1.807) is 24.4 Å². The highest BCUT2D eigenvalue weighted by atomic mass is 32.2. The number of nitrogens with two attached hydrogens (primary N) is 1. The Balaban J connectivity index is 1.57. The molecule has 1 aromatic carbocycles. The van der Waals surface area contributed by atoms with Gasteiger partial charge in [0.05, 0.1) is 11.3 Å². The van der Waals surface area contributed by atoms with E-state index in [0.29, 0.717) is 39.9 Å². The summed E-state index contributed by atoms with van der Waals surface area (Å²) >= 11 is 2.70. The topological polar surface area (TPSA) is 145 Å². The van der Waals surface area contributed by atoms with E-state index in [0.717, 1.165) is 17.1 Å². The number of nitrogen functional groups attached to an aromatic ring is 1. The van der Waals surface area contributed by atoms with Gasteiger partial charge in [0.15, 0.2) is 5.13 Å². The molecule has 0 bridgehead atoms. The average Bonchev–Trinajstić information content (AvgIpc) is 3.34. The number of thiazole rings is 1. The van der Waals surface area contributed by atoms with Crippen molar-refractivity contribution in [1.29, 1.82) is 10.5 Å². The first-order chi connectivity index (χ1) is 17.5. The molecule has 0 saturated carbocycles. The number of nitriles is 2. The predicted molar refractivity (Wildman–Crippen MR) is 138 cm³/mol. The van der Waals surface area contributed by atoms with Crippen LogP contribution in [0.25, 0.3) is 11.1 Å². The zero-order valence-electron chi connectivity index (χ0n) is 18.9. The first kappa shape index (κ1) is 25.1. The molecular weight excluding hydrogens is 497 g/mol. The summed E-state index contributed by atoms with van der Waals surface area (Å²) in [4.78, 5) is 13.3. The lowest BCUT2D eigenvalue weighted by Crippen LogP contribution is -2.04. The monoisotopic (exact) mass is 517 g/mol. The third kappa shape index (κ3) is 5.78. The fourth-order valence-electron chi connectivity index (χ4n) is 3.40. The van der Waals surface area contributed by atoms with Gasteiger partial charge >= 0.3 is 0 Å². The normalized spacial score (nSPS) is 10.6. The number of aliphatic hydroxyl groups is 1. The number of hydrogen-bond donors (Lipinski definition) is 3. The first-order valence-corrected chi connectivity index (χ1v) is 12.7. The number of anilines is 3. The number of aryl methyl sites for hydroxylation is 1. The molecule has 0 amide bonds. The van der Waals surface area contributed by atoms with E-state index in [1.165, 1.54) is 35.2 Å². The molecule has 0 radical (unpaired) electrons. The number of nitrogens with one attached hydrogen (secondary N) is 1. The van der Waals surface area contributed by atoms with E-state index in [1.807, 2.05) is 11.4 Å². The molecule has 0 atom stereocenters. The Morgan fingerprint density at radius 1 is 1.06 bits per heavy atom. The van der Waals surface area contributed by atoms with E-state index in [4.69, 9.17) is 10.8 Å². The van der Waals surface area contributed by atoms with Crippen molar-refractivity contribution in [2.45, 2.75) is 23.6 Å². The van der Waals surface area contributed by atoms with Gasteiger partial charge in [-0.25, -0.2) is 14.4 Å². The van der Waals surface area contributed by atoms with Gasteiger partial charge in [0.25, 0.3) is 0 Å². The minimum atomic E-state index is -0.313. The highest BCUT2D eigenvalue weighted by molar-refractivity contribution is 7.98. The lowest BCUT2D eigenvalue weighted by molar-refractivity contribution is 0.288. The highest BCUT2D eigenvalue weighted by Gasteiger charge is 2.21. The van der Waals surface area contributed by atoms with Crippen LogP contribution < -0.4 is 11.1 Å². The van der Waals surface area contributed by atoms with E-state index < -0.39 is 0 Å². The Bertz CT molecular complexity index is 1440. The van der Waals surface area contributed by atoms with Crippen LogP contribution >= 0.6 is 23.1 Å². The number of thioether (sulfide) groups is 1. The van der Waals surface area contributed by atoms with Crippen molar-refractivity contribution in [2.24, 2.45) is 0 Å². The predicted octanol–water partition coefficient (Wildman–Crippen LogP) is 5.03. The molecule has 0 fully saturated rings. The van der Waals surface area contributed by atoms with Crippen LogP contribution in [0, 0.1) is 28.5 Å². The van der Waals surface area contributed by atoms with Crippen molar-refractivity contribution in [3.8, 4) is 23.3 Å².